The number of carboxylic acid groups (broad SMARTS) is 1. The standard InChI is InChI=1S/C9H13N3O3S/c1-5(8(14)15)10-3-7-4-16-9(12-7)11-6(2)13/h4-5,10H,3H2,1-2H3,(H,14,15)(H,11,12,13)/t5-/m0/s1. The van der Waals surface area contributed by atoms with E-state index in [9.17, 15) is 9.59 Å². The highest BCUT2D eigenvalue weighted by molar-refractivity contribution is 7.13. The first kappa shape index (κ1) is 12.6. The number of nitrogens with zero attached hydrogens (tertiary/aromatic N) is 1. The molecule has 0 bridgehead atoms. The number of hydrogen-bond donors (Lipinski definition) is 3. The molecule has 0 saturated heterocycles. The summed E-state index contributed by atoms with van der Waals surface area (Å²) in [5, 5.41) is 16.3. The second kappa shape index (κ2) is 5.57. The minimum atomic E-state index is -0.905. The fourth-order valence-electron chi connectivity index (χ4n) is 0.941. The molecule has 1 aromatic rings. The molecule has 0 aliphatic rings. The van der Waals surface area contributed by atoms with Crippen LogP contribution in [0.3, 0.4) is 0 Å². The molecule has 3 N–H and O–H groups in total. The average Bonchev–Trinajstić information content (AvgIpc) is 2.60. The average molecular weight is 243 g/mol. The maximum absolute atomic E-state index is 10.7. The molecule has 1 heterocycles. The lowest BCUT2D eigenvalue weighted by Crippen LogP contribution is -2.33. The summed E-state index contributed by atoms with van der Waals surface area (Å²) >= 11 is 1.31. The van der Waals surface area contributed by atoms with Gasteiger partial charge in [-0.25, -0.2) is 4.98 Å². The molecule has 1 amide bonds. The lowest BCUT2D eigenvalue weighted by atomic mass is 10.3. The van der Waals surface area contributed by atoms with Crippen LogP contribution in [0.5, 0.6) is 0 Å². The molecule has 0 radical (unpaired) electrons. The highest BCUT2D eigenvalue weighted by atomic mass is 32.1. The predicted octanol–water partition coefficient (Wildman–Crippen LogP) is 0.664. The van der Waals surface area contributed by atoms with E-state index in [0.717, 1.165) is 0 Å². The largest absolute Gasteiger partial charge is 0.480 e. The predicted molar refractivity (Wildman–Crippen MR) is 60.4 cm³/mol. The van der Waals surface area contributed by atoms with Crippen LogP contribution in [0.4, 0.5) is 5.13 Å². The molecule has 1 rings (SSSR count). The van der Waals surface area contributed by atoms with Crippen molar-refractivity contribution in [3.05, 3.63) is 11.1 Å². The molecule has 1 atom stereocenters. The molecule has 7 heteroatoms. The van der Waals surface area contributed by atoms with Gasteiger partial charge in [0, 0.05) is 18.8 Å². The summed E-state index contributed by atoms with van der Waals surface area (Å²) in [6.45, 7) is 3.33. The van der Waals surface area contributed by atoms with Crippen molar-refractivity contribution >= 4 is 28.3 Å². The zero-order chi connectivity index (χ0) is 12.1. The summed E-state index contributed by atoms with van der Waals surface area (Å²) < 4.78 is 0. The van der Waals surface area contributed by atoms with Gasteiger partial charge in [0.2, 0.25) is 5.91 Å². The first-order chi connectivity index (χ1) is 7.49. The maximum Gasteiger partial charge on any atom is 0.320 e. The fourth-order valence-corrected chi connectivity index (χ4v) is 1.70. The van der Waals surface area contributed by atoms with E-state index in [4.69, 9.17) is 5.11 Å². The van der Waals surface area contributed by atoms with Crippen LogP contribution >= 0.6 is 11.3 Å². The third kappa shape index (κ3) is 3.95. The summed E-state index contributed by atoms with van der Waals surface area (Å²) in [6, 6.07) is -0.620. The second-order valence-corrected chi connectivity index (χ2v) is 4.12. The number of aromatic nitrogens is 1. The smallest absolute Gasteiger partial charge is 0.320 e. The summed E-state index contributed by atoms with van der Waals surface area (Å²) in [5.74, 6) is -1.08. The van der Waals surface area contributed by atoms with Gasteiger partial charge in [-0.15, -0.1) is 11.3 Å². The minimum absolute atomic E-state index is 0.173. The van der Waals surface area contributed by atoms with Crippen LogP contribution in [0.15, 0.2) is 5.38 Å². The van der Waals surface area contributed by atoms with Crippen molar-refractivity contribution in [2.24, 2.45) is 0 Å². The number of anilines is 1. The molecule has 0 aliphatic heterocycles. The molecule has 0 aliphatic carbocycles. The Hall–Kier alpha value is -1.47. The fraction of sp³-hybridized carbons (Fsp3) is 0.444. The number of amides is 1. The third-order valence-corrected chi connectivity index (χ3v) is 2.60. The molecule has 0 saturated carbocycles. The van der Waals surface area contributed by atoms with Gasteiger partial charge in [-0.3, -0.25) is 14.9 Å². The Morgan fingerprint density at radius 3 is 2.88 bits per heavy atom. The van der Waals surface area contributed by atoms with Crippen LogP contribution in [0, 0.1) is 0 Å². The number of rotatable bonds is 5. The highest BCUT2D eigenvalue weighted by Crippen LogP contribution is 2.14. The quantitative estimate of drug-likeness (QED) is 0.706. The molecule has 0 unspecified atom stereocenters. The topological polar surface area (TPSA) is 91.3 Å². The molecule has 0 fully saturated rings. The Labute approximate surface area is 96.7 Å². The Balaban J connectivity index is 2.46. The third-order valence-electron chi connectivity index (χ3n) is 1.79. The second-order valence-electron chi connectivity index (χ2n) is 3.27. The summed E-state index contributed by atoms with van der Waals surface area (Å²) in [5.41, 5.74) is 0.710. The number of carboxylic acids is 1. The minimum Gasteiger partial charge on any atom is -0.480 e. The Morgan fingerprint density at radius 2 is 2.31 bits per heavy atom. The van der Waals surface area contributed by atoms with E-state index in [-0.39, 0.29) is 5.91 Å². The molecule has 0 spiro atoms. The van der Waals surface area contributed by atoms with Gasteiger partial charge in [-0.05, 0) is 6.92 Å². The van der Waals surface area contributed by atoms with Crippen LogP contribution in [0.25, 0.3) is 0 Å². The summed E-state index contributed by atoms with van der Waals surface area (Å²) in [4.78, 5) is 25.4. The Morgan fingerprint density at radius 1 is 1.62 bits per heavy atom. The molecule has 1 aromatic heterocycles. The van der Waals surface area contributed by atoms with Crippen LogP contribution in [-0.2, 0) is 16.1 Å². The van der Waals surface area contributed by atoms with E-state index in [1.54, 1.807) is 12.3 Å². The number of aliphatic carboxylic acids is 1. The maximum atomic E-state index is 10.7. The van der Waals surface area contributed by atoms with Gasteiger partial charge < -0.3 is 10.4 Å². The van der Waals surface area contributed by atoms with Crippen molar-refractivity contribution < 1.29 is 14.7 Å². The molecule has 0 aromatic carbocycles. The van der Waals surface area contributed by atoms with Crippen molar-refractivity contribution in [2.45, 2.75) is 26.4 Å². The number of nitrogens with one attached hydrogen (secondary N) is 2. The molecule has 88 valence electrons. The van der Waals surface area contributed by atoms with E-state index in [0.29, 0.717) is 17.4 Å². The van der Waals surface area contributed by atoms with E-state index >= 15 is 0 Å². The first-order valence-electron chi connectivity index (χ1n) is 4.67. The van der Waals surface area contributed by atoms with Crippen molar-refractivity contribution in [3.8, 4) is 0 Å². The molecular formula is C9H13N3O3S. The van der Waals surface area contributed by atoms with Gasteiger partial charge in [-0.1, -0.05) is 0 Å². The molecular weight excluding hydrogens is 230 g/mol. The number of thiazole rings is 1. The van der Waals surface area contributed by atoms with Crippen LogP contribution in [0.2, 0.25) is 0 Å². The lowest BCUT2D eigenvalue weighted by molar-refractivity contribution is -0.139. The van der Waals surface area contributed by atoms with Crippen LogP contribution in [0.1, 0.15) is 19.5 Å². The van der Waals surface area contributed by atoms with Gasteiger partial charge in [0.1, 0.15) is 6.04 Å². The van der Waals surface area contributed by atoms with Gasteiger partial charge in [0.05, 0.1) is 5.69 Å². The van der Waals surface area contributed by atoms with Crippen molar-refractivity contribution in [1.82, 2.24) is 10.3 Å². The number of hydrogen-bond acceptors (Lipinski definition) is 5. The van der Waals surface area contributed by atoms with Gasteiger partial charge >= 0.3 is 5.97 Å². The number of carbonyl (C=O) groups is 2. The monoisotopic (exact) mass is 243 g/mol. The van der Waals surface area contributed by atoms with Crippen LogP contribution in [-0.4, -0.2) is 28.0 Å². The van der Waals surface area contributed by atoms with Crippen molar-refractivity contribution in [3.63, 3.8) is 0 Å². The van der Waals surface area contributed by atoms with Gasteiger partial charge in [-0.2, -0.15) is 0 Å². The normalized spacial score (nSPS) is 12.1. The van der Waals surface area contributed by atoms with Crippen molar-refractivity contribution in [2.75, 3.05) is 5.32 Å². The zero-order valence-electron chi connectivity index (χ0n) is 8.98. The van der Waals surface area contributed by atoms with E-state index < -0.39 is 12.0 Å². The lowest BCUT2D eigenvalue weighted by Gasteiger charge is -2.06. The van der Waals surface area contributed by atoms with Crippen LogP contribution < -0.4 is 10.6 Å². The Bertz CT molecular complexity index is 391. The highest BCUT2D eigenvalue weighted by Gasteiger charge is 2.10. The van der Waals surface area contributed by atoms with E-state index in [1.165, 1.54) is 18.3 Å². The van der Waals surface area contributed by atoms with E-state index in [1.807, 2.05) is 0 Å². The summed E-state index contributed by atoms with van der Waals surface area (Å²) in [6.07, 6.45) is 0. The summed E-state index contributed by atoms with van der Waals surface area (Å²) in [7, 11) is 0. The van der Waals surface area contributed by atoms with Crippen molar-refractivity contribution in [1.29, 1.82) is 0 Å². The SMILES string of the molecule is CC(=O)Nc1nc(CN[C@@H](C)C(=O)O)cs1. The van der Waals surface area contributed by atoms with Gasteiger partial charge in [0.25, 0.3) is 0 Å². The molecule has 6 nitrogen and oxygen atoms in total. The number of carbonyl (C=O) groups excluding carboxylic acids is 1. The van der Waals surface area contributed by atoms with E-state index in [2.05, 4.69) is 15.6 Å². The first-order valence-corrected chi connectivity index (χ1v) is 5.55. The molecule has 16 heavy (non-hydrogen) atoms. The van der Waals surface area contributed by atoms with Gasteiger partial charge in [0.15, 0.2) is 5.13 Å². The zero-order valence-corrected chi connectivity index (χ0v) is 9.80. The Kier molecular flexibility index (Phi) is 4.39.